The minimum absolute atomic E-state index is 0.0820. The largest absolute Gasteiger partial charge is 0.507 e. The van der Waals surface area contributed by atoms with E-state index < -0.39 is 15.9 Å². The number of benzene rings is 2. The number of hydrogen-bond acceptors (Lipinski definition) is 6. The zero-order chi connectivity index (χ0) is 16.3. The standard InChI is InChI=1S/C14H15N3O4S/c15-8-9-1-4-11(5-2-9)22(20,21)17-14(19)12-7-10(16)3-6-13(12)18/h1-7,18H,8,15-16H2,(H,17,19). The van der Waals surface area contributed by atoms with Crippen LogP contribution in [0.5, 0.6) is 5.75 Å². The van der Waals surface area contributed by atoms with Crippen LogP contribution in [0, 0.1) is 0 Å². The van der Waals surface area contributed by atoms with Crippen LogP contribution >= 0.6 is 0 Å². The predicted molar refractivity (Wildman–Crippen MR) is 81.5 cm³/mol. The summed E-state index contributed by atoms with van der Waals surface area (Å²) in [5.41, 5.74) is 11.7. The van der Waals surface area contributed by atoms with Gasteiger partial charge in [0.2, 0.25) is 0 Å². The maximum atomic E-state index is 12.1. The lowest BCUT2D eigenvalue weighted by Crippen LogP contribution is -2.30. The number of rotatable bonds is 4. The van der Waals surface area contributed by atoms with E-state index in [9.17, 15) is 18.3 Å². The maximum absolute atomic E-state index is 12.1. The van der Waals surface area contributed by atoms with E-state index in [0.29, 0.717) is 0 Å². The summed E-state index contributed by atoms with van der Waals surface area (Å²) in [5.74, 6) is -1.33. The molecule has 116 valence electrons. The number of sulfonamides is 1. The minimum Gasteiger partial charge on any atom is -0.507 e. The molecule has 6 N–H and O–H groups in total. The van der Waals surface area contributed by atoms with E-state index in [1.165, 1.54) is 30.3 Å². The number of phenolic OH excluding ortho intramolecular Hbond substituents is 1. The summed E-state index contributed by atoms with van der Waals surface area (Å²) >= 11 is 0. The third-order valence-electron chi connectivity index (χ3n) is 2.96. The van der Waals surface area contributed by atoms with E-state index in [1.54, 1.807) is 12.1 Å². The lowest BCUT2D eigenvalue weighted by molar-refractivity contribution is 0.0979. The first-order chi connectivity index (χ1) is 10.3. The van der Waals surface area contributed by atoms with Gasteiger partial charge in [-0.25, -0.2) is 13.1 Å². The van der Waals surface area contributed by atoms with Gasteiger partial charge in [-0.1, -0.05) is 12.1 Å². The molecule has 2 aromatic carbocycles. The topological polar surface area (TPSA) is 136 Å². The first-order valence-corrected chi connectivity index (χ1v) is 7.76. The number of amides is 1. The number of phenols is 1. The quantitative estimate of drug-likeness (QED) is 0.480. The highest BCUT2D eigenvalue weighted by atomic mass is 32.2. The van der Waals surface area contributed by atoms with Crippen LogP contribution in [0.15, 0.2) is 47.4 Å². The summed E-state index contributed by atoms with van der Waals surface area (Å²) in [6.45, 7) is 0.282. The summed E-state index contributed by atoms with van der Waals surface area (Å²) < 4.78 is 26.2. The molecule has 1 amide bonds. The molecule has 0 unspecified atom stereocenters. The number of nitrogens with one attached hydrogen (secondary N) is 1. The Balaban J connectivity index is 2.27. The van der Waals surface area contributed by atoms with Crippen LogP contribution in [0.4, 0.5) is 5.69 Å². The number of aromatic hydroxyl groups is 1. The van der Waals surface area contributed by atoms with Crippen LogP contribution < -0.4 is 16.2 Å². The minimum atomic E-state index is -4.05. The fourth-order valence-corrected chi connectivity index (χ4v) is 2.74. The smallest absolute Gasteiger partial charge is 0.268 e. The van der Waals surface area contributed by atoms with Crippen LogP contribution in [-0.4, -0.2) is 19.4 Å². The summed E-state index contributed by atoms with van der Waals surface area (Å²) in [6.07, 6.45) is 0. The molecule has 2 rings (SSSR count). The van der Waals surface area contributed by atoms with Gasteiger partial charge in [0.05, 0.1) is 10.5 Å². The molecule has 8 heteroatoms. The molecule has 0 heterocycles. The molecule has 0 radical (unpaired) electrons. The Morgan fingerprint density at radius 1 is 1.14 bits per heavy atom. The van der Waals surface area contributed by atoms with Crippen molar-refractivity contribution in [1.82, 2.24) is 4.72 Å². The van der Waals surface area contributed by atoms with Crippen molar-refractivity contribution in [2.24, 2.45) is 5.73 Å². The van der Waals surface area contributed by atoms with Crippen molar-refractivity contribution >= 4 is 21.6 Å². The second kappa shape index (κ2) is 6.04. The first kappa shape index (κ1) is 15.8. The van der Waals surface area contributed by atoms with Crippen LogP contribution in [0.1, 0.15) is 15.9 Å². The monoisotopic (exact) mass is 321 g/mol. The molecule has 0 aliphatic heterocycles. The van der Waals surface area contributed by atoms with Crippen LogP contribution in [0.3, 0.4) is 0 Å². The van der Waals surface area contributed by atoms with Crippen molar-refractivity contribution in [3.8, 4) is 5.75 Å². The molecule has 0 fully saturated rings. The summed E-state index contributed by atoms with van der Waals surface area (Å²) in [7, 11) is -4.05. The highest BCUT2D eigenvalue weighted by Crippen LogP contribution is 2.20. The van der Waals surface area contributed by atoms with Crippen LogP contribution in [0.2, 0.25) is 0 Å². The first-order valence-electron chi connectivity index (χ1n) is 6.28. The zero-order valence-corrected chi connectivity index (χ0v) is 12.3. The van der Waals surface area contributed by atoms with Gasteiger partial charge in [-0.2, -0.15) is 0 Å². The number of hydrogen-bond donors (Lipinski definition) is 4. The van der Waals surface area contributed by atoms with Gasteiger partial charge < -0.3 is 16.6 Å². The van der Waals surface area contributed by atoms with Crippen molar-refractivity contribution in [2.45, 2.75) is 11.4 Å². The highest BCUT2D eigenvalue weighted by Gasteiger charge is 2.20. The molecule has 0 saturated heterocycles. The van der Waals surface area contributed by atoms with E-state index in [-0.39, 0.29) is 28.4 Å². The van der Waals surface area contributed by atoms with E-state index in [0.717, 1.165) is 5.56 Å². The molecule has 0 saturated carbocycles. The van der Waals surface area contributed by atoms with Crippen molar-refractivity contribution in [2.75, 3.05) is 5.73 Å². The Hall–Kier alpha value is -2.58. The molecular formula is C14H15N3O4S. The van der Waals surface area contributed by atoms with E-state index in [4.69, 9.17) is 11.5 Å². The molecular weight excluding hydrogens is 306 g/mol. The molecule has 0 aliphatic rings. The zero-order valence-electron chi connectivity index (χ0n) is 11.5. The van der Waals surface area contributed by atoms with Crippen LogP contribution in [-0.2, 0) is 16.6 Å². The van der Waals surface area contributed by atoms with Crippen LogP contribution in [0.25, 0.3) is 0 Å². The third kappa shape index (κ3) is 3.35. The number of carbonyl (C=O) groups excluding carboxylic acids is 1. The average molecular weight is 321 g/mol. The van der Waals surface area contributed by atoms with Crippen molar-refractivity contribution in [1.29, 1.82) is 0 Å². The molecule has 2 aromatic rings. The van der Waals surface area contributed by atoms with E-state index in [2.05, 4.69) is 0 Å². The Kier molecular flexibility index (Phi) is 4.34. The van der Waals surface area contributed by atoms with E-state index >= 15 is 0 Å². The normalized spacial score (nSPS) is 11.1. The van der Waals surface area contributed by atoms with Crippen molar-refractivity contribution in [3.63, 3.8) is 0 Å². The molecule has 0 spiro atoms. The molecule has 0 bridgehead atoms. The Morgan fingerprint density at radius 2 is 1.77 bits per heavy atom. The Bertz CT molecular complexity index is 801. The summed E-state index contributed by atoms with van der Waals surface area (Å²) in [6, 6.07) is 9.60. The number of anilines is 1. The summed E-state index contributed by atoms with van der Waals surface area (Å²) in [4.78, 5) is 11.9. The molecule has 0 aliphatic carbocycles. The van der Waals surface area contributed by atoms with Gasteiger partial charge in [-0.15, -0.1) is 0 Å². The van der Waals surface area contributed by atoms with Gasteiger partial charge in [0.15, 0.2) is 0 Å². The second-order valence-electron chi connectivity index (χ2n) is 4.56. The second-order valence-corrected chi connectivity index (χ2v) is 6.24. The fraction of sp³-hybridized carbons (Fsp3) is 0.0714. The SMILES string of the molecule is NCc1ccc(S(=O)(=O)NC(=O)c2cc(N)ccc2O)cc1. The van der Waals surface area contributed by atoms with Gasteiger partial charge in [-0.3, -0.25) is 4.79 Å². The Labute approximate surface area is 127 Å². The molecule has 0 atom stereocenters. The highest BCUT2D eigenvalue weighted by molar-refractivity contribution is 7.90. The van der Waals surface area contributed by atoms with Gasteiger partial charge in [0.1, 0.15) is 5.75 Å². The lowest BCUT2D eigenvalue weighted by Gasteiger charge is -2.09. The van der Waals surface area contributed by atoms with E-state index in [1.807, 2.05) is 4.72 Å². The maximum Gasteiger partial charge on any atom is 0.268 e. The lowest BCUT2D eigenvalue weighted by atomic mass is 10.2. The van der Waals surface area contributed by atoms with Gasteiger partial charge in [0, 0.05) is 12.2 Å². The van der Waals surface area contributed by atoms with Gasteiger partial charge >= 0.3 is 0 Å². The number of carbonyl (C=O) groups is 1. The summed E-state index contributed by atoms with van der Waals surface area (Å²) in [5, 5.41) is 9.62. The fourth-order valence-electron chi connectivity index (χ4n) is 1.78. The Morgan fingerprint density at radius 3 is 2.36 bits per heavy atom. The van der Waals surface area contributed by atoms with Gasteiger partial charge in [-0.05, 0) is 35.9 Å². The molecule has 22 heavy (non-hydrogen) atoms. The number of nitrogens with two attached hydrogens (primary N) is 2. The van der Waals surface area contributed by atoms with Gasteiger partial charge in [0.25, 0.3) is 15.9 Å². The predicted octanol–water partition coefficient (Wildman–Crippen LogP) is 0.552. The number of nitrogen functional groups attached to an aromatic ring is 1. The molecule has 7 nitrogen and oxygen atoms in total. The third-order valence-corrected chi connectivity index (χ3v) is 4.31. The average Bonchev–Trinajstić information content (AvgIpc) is 2.49. The van der Waals surface area contributed by atoms with Crippen molar-refractivity contribution in [3.05, 3.63) is 53.6 Å². The molecule has 0 aromatic heterocycles. The van der Waals surface area contributed by atoms with Crippen molar-refractivity contribution < 1.29 is 18.3 Å².